The number of hydrogen-bond acceptors (Lipinski definition) is 6. The fourth-order valence-electron chi connectivity index (χ4n) is 5.05. The summed E-state index contributed by atoms with van der Waals surface area (Å²) in [7, 11) is 0. The highest BCUT2D eigenvalue weighted by Gasteiger charge is 2.29. The van der Waals surface area contributed by atoms with Crippen molar-refractivity contribution in [1.29, 1.82) is 0 Å². The first kappa shape index (κ1) is 24.0. The molecule has 37 heavy (non-hydrogen) atoms. The van der Waals surface area contributed by atoms with Crippen molar-refractivity contribution in [2.24, 2.45) is 0 Å². The van der Waals surface area contributed by atoms with Gasteiger partial charge in [-0.2, -0.15) is 0 Å². The Morgan fingerprint density at radius 2 is 1.76 bits per heavy atom. The van der Waals surface area contributed by atoms with E-state index in [1.807, 2.05) is 42.5 Å². The van der Waals surface area contributed by atoms with Crippen LogP contribution in [-0.2, 0) is 9.53 Å². The summed E-state index contributed by atoms with van der Waals surface area (Å²) in [6.45, 7) is 3.03. The zero-order valence-electron chi connectivity index (χ0n) is 19.9. The van der Waals surface area contributed by atoms with Crippen LogP contribution in [0.1, 0.15) is 17.9 Å². The summed E-state index contributed by atoms with van der Waals surface area (Å²) in [4.78, 5) is 25.3. The molecule has 9 heteroatoms. The van der Waals surface area contributed by atoms with Crippen LogP contribution in [0.3, 0.4) is 0 Å². The van der Waals surface area contributed by atoms with Gasteiger partial charge >= 0.3 is 0 Å². The Hall–Kier alpha value is -3.39. The Bertz CT molecular complexity index is 1470. The number of nitrogens with zero attached hydrogens (tertiary/aromatic N) is 3. The Kier molecular flexibility index (Phi) is 6.59. The molecule has 0 spiro atoms. The van der Waals surface area contributed by atoms with E-state index < -0.39 is 0 Å². The molecular formula is C28H24Cl2N4O3. The molecule has 1 fully saturated rings. The summed E-state index contributed by atoms with van der Waals surface area (Å²) in [5.74, 6) is 0.348. The Morgan fingerprint density at radius 3 is 2.57 bits per heavy atom. The predicted molar refractivity (Wildman–Crippen MR) is 146 cm³/mol. The van der Waals surface area contributed by atoms with Crippen LogP contribution in [0.2, 0.25) is 10.0 Å². The number of rotatable bonds is 4. The normalized spacial score (nSPS) is 17.2. The number of ether oxygens (including phenoxy) is 2. The third kappa shape index (κ3) is 4.70. The molecule has 188 valence electrons. The molecule has 6 rings (SSSR count). The summed E-state index contributed by atoms with van der Waals surface area (Å²) in [6.07, 6.45) is 4.07. The van der Waals surface area contributed by atoms with E-state index in [-0.39, 0.29) is 11.8 Å². The summed E-state index contributed by atoms with van der Waals surface area (Å²) in [5, 5.41) is 4.25. The molecule has 7 nitrogen and oxygen atoms in total. The molecule has 0 aliphatic carbocycles. The van der Waals surface area contributed by atoms with E-state index in [2.05, 4.69) is 10.2 Å². The first-order chi connectivity index (χ1) is 18.1. The number of pyridine rings is 2. The predicted octanol–water partition coefficient (Wildman–Crippen LogP) is 5.95. The quantitative estimate of drug-likeness (QED) is 0.348. The van der Waals surface area contributed by atoms with Gasteiger partial charge in [-0.1, -0.05) is 41.4 Å². The maximum Gasteiger partial charge on any atom is 0.232 e. The van der Waals surface area contributed by atoms with Gasteiger partial charge in [0.1, 0.15) is 11.3 Å². The number of amides is 1. The average Bonchev–Trinajstić information content (AvgIpc) is 2.92. The zero-order valence-corrected chi connectivity index (χ0v) is 21.4. The molecule has 0 saturated carbocycles. The second-order valence-electron chi connectivity index (χ2n) is 9.05. The van der Waals surface area contributed by atoms with Gasteiger partial charge in [-0.3, -0.25) is 14.8 Å². The highest BCUT2D eigenvalue weighted by Crippen LogP contribution is 2.39. The second-order valence-corrected chi connectivity index (χ2v) is 9.92. The van der Waals surface area contributed by atoms with E-state index in [4.69, 9.17) is 42.6 Å². The van der Waals surface area contributed by atoms with E-state index in [9.17, 15) is 4.79 Å². The summed E-state index contributed by atoms with van der Waals surface area (Å²) >= 11 is 12.6. The first-order valence-electron chi connectivity index (χ1n) is 12.2. The van der Waals surface area contributed by atoms with E-state index in [1.165, 1.54) is 0 Å². The van der Waals surface area contributed by atoms with Crippen LogP contribution in [0.4, 0.5) is 11.4 Å². The van der Waals surface area contributed by atoms with Gasteiger partial charge in [0.05, 0.1) is 48.8 Å². The smallest absolute Gasteiger partial charge is 0.232 e. The van der Waals surface area contributed by atoms with E-state index in [0.29, 0.717) is 66.1 Å². The molecule has 1 atom stereocenters. The van der Waals surface area contributed by atoms with Crippen LogP contribution < -0.4 is 15.0 Å². The maximum atomic E-state index is 13.6. The maximum absolute atomic E-state index is 13.6. The van der Waals surface area contributed by atoms with Crippen molar-refractivity contribution < 1.29 is 14.3 Å². The Labute approximate surface area is 224 Å². The number of carbonyl (C=O) groups excluding carboxylic acids is 1. The number of aromatic nitrogens is 2. The lowest BCUT2D eigenvalue weighted by Crippen LogP contribution is -2.37. The lowest BCUT2D eigenvalue weighted by atomic mass is 9.92. The van der Waals surface area contributed by atoms with E-state index >= 15 is 0 Å². The number of benzene rings is 2. The molecule has 1 amide bonds. The third-order valence-corrected chi connectivity index (χ3v) is 7.20. The van der Waals surface area contributed by atoms with Crippen LogP contribution in [0.5, 0.6) is 5.75 Å². The van der Waals surface area contributed by atoms with Crippen molar-refractivity contribution in [2.45, 2.75) is 12.3 Å². The number of para-hydroxylation sites is 1. The fraction of sp³-hybridized carbons (Fsp3) is 0.250. The van der Waals surface area contributed by atoms with Crippen LogP contribution in [0.15, 0.2) is 60.9 Å². The zero-order chi connectivity index (χ0) is 25.4. The number of carbonyl (C=O) groups is 1. The second kappa shape index (κ2) is 10.2. The monoisotopic (exact) mass is 534 g/mol. The average molecular weight is 535 g/mol. The van der Waals surface area contributed by atoms with Crippen LogP contribution in [0, 0.1) is 0 Å². The highest BCUT2D eigenvalue weighted by atomic mass is 35.5. The molecule has 2 aliphatic rings. The van der Waals surface area contributed by atoms with Crippen molar-refractivity contribution in [3.8, 4) is 16.9 Å². The molecule has 0 bridgehead atoms. The molecule has 1 saturated heterocycles. The highest BCUT2D eigenvalue weighted by molar-refractivity contribution is 6.35. The minimum atomic E-state index is -0.314. The topological polar surface area (TPSA) is 76.6 Å². The van der Waals surface area contributed by atoms with E-state index in [1.54, 1.807) is 18.5 Å². The van der Waals surface area contributed by atoms with Crippen molar-refractivity contribution in [3.05, 3.63) is 76.5 Å². The van der Waals surface area contributed by atoms with Gasteiger partial charge in [0.25, 0.3) is 0 Å². The molecule has 2 aromatic heterocycles. The Balaban J connectivity index is 1.44. The first-order valence-corrected chi connectivity index (χ1v) is 12.9. The number of hydrogen-bond donors (Lipinski definition) is 1. The van der Waals surface area contributed by atoms with Gasteiger partial charge in [-0.25, -0.2) is 0 Å². The van der Waals surface area contributed by atoms with Crippen LogP contribution >= 0.6 is 23.2 Å². The largest absolute Gasteiger partial charge is 0.493 e. The fourth-order valence-corrected chi connectivity index (χ4v) is 5.58. The van der Waals surface area contributed by atoms with Gasteiger partial charge in [-0.15, -0.1) is 0 Å². The van der Waals surface area contributed by atoms with Crippen LogP contribution in [0.25, 0.3) is 22.2 Å². The minimum absolute atomic E-state index is 0.0933. The summed E-state index contributed by atoms with van der Waals surface area (Å²) in [6, 6.07) is 15.0. The van der Waals surface area contributed by atoms with Gasteiger partial charge < -0.3 is 19.7 Å². The molecule has 1 N–H and O–H groups in total. The molecule has 4 heterocycles. The summed E-state index contributed by atoms with van der Waals surface area (Å²) < 4.78 is 11.4. The van der Waals surface area contributed by atoms with Gasteiger partial charge in [0.15, 0.2) is 0 Å². The SMILES string of the molecule is O=C(Nc1cnc2c(-c3cc(Cl)cc(Cl)c3)ccnc2c1N1CCOCC1)[C@H]1CCOc2ccccc21. The summed E-state index contributed by atoms with van der Waals surface area (Å²) in [5.41, 5.74) is 5.46. The number of nitrogens with one attached hydrogen (secondary N) is 1. The minimum Gasteiger partial charge on any atom is -0.493 e. The number of halogens is 2. The van der Waals surface area contributed by atoms with Crippen LogP contribution in [-0.4, -0.2) is 48.8 Å². The molecule has 2 aliphatic heterocycles. The van der Waals surface area contributed by atoms with Gasteiger partial charge in [-0.05, 0) is 42.3 Å². The number of morpholine rings is 1. The van der Waals surface area contributed by atoms with Crippen molar-refractivity contribution >= 4 is 51.5 Å². The van der Waals surface area contributed by atoms with E-state index in [0.717, 1.165) is 28.1 Å². The Morgan fingerprint density at radius 1 is 0.973 bits per heavy atom. The third-order valence-electron chi connectivity index (χ3n) is 6.76. The lowest BCUT2D eigenvalue weighted by Gasteiger charge is -2.32. The number of fused-ring (bicyclic) bond motifs is 2. The molecular weight excluding hydrogens is 511 g/mol. The standard InChI is InChI=1S/C28H24Cl2N4O3/c29-18-13-17(14-19(30)15-18)20-5-7-31-26-25(20)32-16-23(27(26)34-8-11-36-12-9-34)33-28(35)22-6-10-37-24-4-2-1-3-21(22)24/h1-5,7,13-16,22H,6,8-12H2,(H,33,35)/t22-/m0/s1. The van der Waals surface area contributed by atoms with Crippen molar-refractivity contribution in [2.75, 3.05) is 43.1 Å². The van der Waals surface area contributed by atoms with Crippen molar-refractivity contribution in [1.82, 2.24) is 9.97 Å². The molecule has 0 unspecified atom stereocenters. The molecule has 2 aromatic carbocycles. The van der Waals surface area contributed by atoms with Gasteiger partial charge in [0.2, 0.25) is 5.91 Å². The lowest BCUT2D eigenvalue weighted by molar-refractivity contribution is -0.118. The number of anilines is 2. The van der Waals surface area contributed by atoms with Gasteiger partial charge in [0, 0.05) is 40.5 Å². The van der Waals surface area contributed by atoms with Crippen molar-refractivity contribution in [3.63, 3.8) is 0 Å². The molecule has 0 radical (unpaired) electrons. The molecule has 4 aromatic rings.